The van der Waals surface area contributed by atoms with Gasteiger partial charge in [-0.1, -0.05) is 25.1 Å². The van der Waals surface area contributed by atoms with E-state index in [1.807, 2.05) is 6.07 Å². The maximum Gasteiger partial charge on any atom is 0.263 e. The Balaban J connectivity index is 1.95. The Morgan fingerprint density at radius 2 is 2.29 bits per heavy atom. The first-order valence-corrected chi connectivity index (χ1v) is 8.12. The summed E-state index contributed by atoms with van der Waals surface area (Å²) in [6.45, 7) is 3.01. The second-order valence-corrected chi connectivity index (χ2v) is 6.34. The van der Waals surface area contributed by atoms with E-state index >= 15 is 0 Å². The molecule has 1 aromatic carbocycles. The minimum absolute atomic E-state index is 0.0592. The number of hydrogen-bond acceptors (Lipinski definition) is 3. The zero-order valence-corrected chi connectivity index (χ0v) is 12.7. The average Bonchev–Trinajstić information content (AvgIpc) is 2.93. The molecule has 1 heterocycles. The van der Waals surface area contributed by atoms with Crippen molar-refractivity contribution >= 4 is 11.3 Å². The third kappa shape index (κ3) is 2.99. The lowest BCUT2D eigenvalue weighted by Gasteiger charge is -2.21. The van der Waals surface area contributed by atoms with Gasteiger partial charge in [-0.05, 0) is 31.9 Å². The Kier molecular flexibility index (Phi) is 4.31. The topological polar surface area (TPSA) is 24.9 Å². The van der Waals surface area contributed by atoms with Crippen molar-refractivity contribution in [1.82, 2.24) is 10.3 Å². The molecule has 1 atom stereocenters. The van der Waals surface area contributed by atoms with Crippen LogP contribution in [0.5, 0.6) is 0 Å². The molecule has 1 unspecified atom stereocenters. The lowest BCUT2D eigenvalue weighted by atomic mass is 9.97. The molecule has 1 N–H and O–H groups in total. The van der Waals surface area contributed by atoms with Crippen LogP contribution in [0.1, 0.15) is 48.4 Å². The van der Waals surface area contributed by atoms with Crippen LogP contribution in [-0.4, -0.2) is 11.5 Å². The molecule has 0 saturated heterocycles. The Morgan fingerprint density at radius 1 is 1.43 bits per heavy atom. The highest BCUT2D eigenvalue weighted by Gasteiger charge is 2.24. The largest absolute Gasteiger partial charge is 0.309 e. The van der Waals surface area contributed by atoms with Crippen LogP contribution in [0.2, 0.25) is 0 Å². The van der Waals surface area contributed by atoms with Crippen molar-refractivity contribution in [2.45, 2.75) is 38.7 Å². The van der Waals surface area contributed by atoms with Crippen LogP contribution < -0.4 is 5.32 Å². The van der Waals surface area contributed by atoms with Gasteiger partial charge in [0.2, 0.25) is 0 Å². The number of rotatable bonds is 4. The third-order valence-electron chi connectivity index (χ3n) is 3.79. The molecular weight excluding hydrogens is 290 g/mol. The Labute approximate surface area is 127 Å². The van der Waals surface area contributed by atoms with Crippen LogP contribution in [-0.2, 0) is 6.42 Å². The molecule has 0 aliphatic heterocycles. The van der Waals surface area contributed by atoms with E-state index in [1.165, 1.54) is 10.9 Å². The first-order valence-electron chi connectivity index (χ1n) is 7.30. The second kappa shape index (κ2) is 6.20. The molecule has 0 bridgehead atoms. The SMILES string of the molecule is CCNC1CCCc2sc(-c3cccc(C(F)F)c3)nc21. The van der Waals surface area contributed by atoms with Gasteiger partial charge < -0.3 is 5.32 Å². The molecule has 2 aromatic rings. The maximum absolute atomic E-state index is 12.8. The minimum atomic E-state index is -2.44. The van der Waals surface area contributed by atoms with Gasteiger partial charge in [-0.3, -0.25) is 0 Å². The zero-order chi connectivity index (χ0) is 14.8. The number of alkyl halides is 2. The van der Waals surface area contributed by atoms with Gasteiger partial charge in [0, 0.05) is 16.0 Å². The number of hydrogen-bond donors (Lipinski definition) is 1. The fourth-order valence-corrected chi connectivity index (χ4v) is 3.96. The van der Waals surface area contributed by atoms with Gasteiger partial charge in [0.15, 0.2) is 0 Å². The van der Waals surface area contributed by atoms with Crippen LogP contribution in [0.4, 0.5) is 8.78 Å². The van der Waals surface area contributed by atoms with E-state index in [9.17, 15) is 8.78 Å². The number of halogens is 2. The van der Waals surface area contributed by atoms with Crippen molar-refractivity contribution in [3.63, 3.8) is 0 Å². The predicted octanol–water partition coefficient (Wildman–Crippen LogP) is 4.73. The molecule has 0 radical (unpaired) electrons. The summed E-state index contributed by atoms with van der Waals surface area (Å²) in [5.74, 6) is 0. The first kappa shape index (κ1) is 14.6. The van der Waals surface area contributed by atoms with Crippen LogP contribution in [0, 0.1) is 0 Å². The monoisotopic (exact) mass is 308 g/mol. The van der Waals surface area contributed by atoms with Crippen molar-refractivity contribution in [1.29, 1.82) is 0 Å². The highest BCUT2D eigenvalue weighted by molar-refractivity contribution is 7.15. The Bertz CT molecular complexity index is 624. The summed E-state index contributed by atoms with van der Waals surface area (Å²) in [5.41, 5.74) is 1.97. The predicted molar refractivity (Wildman–Crippen MR) is 81.9 cm³/mol. The lowest BCUT2D eigenvalue weighted by molar-refractivity contribution is 0.151. The fraction of sp³-hybridized carbons (Fsp3) is 0.438. The Morgan fingerprint density at radius 3 is 3.05 bits per heavy atom. The number of nitrogens with zero attached hydrogens (tertiary/aromatic N) is 1. The average molecular weight is 308 g/mol. The summed E-state index contributed by atoms with van der Waals surface area (Å²) in [6.07, 6.45) is 0.863. The van der Waals surface area contributed by atoms with Gasteiger partial charge in [0.1, 0.15) is 5.01 Å². The number of aromatic nitrogens is 1. The molecule has 0 fully saturated rings. The summed E-state index contributed by atoms with van der Waals surface area (Å²) < 4.78 is 25.7. The van der Waals surface area contributed by atoms with E-state index in [1.54, 1.807) is 23.5 Å². The first-order chi connectivity index (χ1) is 10.2. The molecule has 0 amide bonds. The van der Waals surface area contributed by atoms with E-state index in [4.69, 9.17) is 4.98 Å². The van der Waals surface area contributed by atoms with Crippen LogP contribution >= 0.6 is 11.3 Å². The highest BCUT2D eigenvalue weighted by Crippen LogP contribution is 2.37. The zero-order valence-electron chi connectivity index (χ0n) is 11.9. The molecule has 0 spiro atoms. The van der Waals surface area contributed by atoms with E-state index in [2.05, 4.69) is 12.2 Å². The molecule has 21 heavy (non-hydrogen) atoms. The Hall–Kier alpha value is -1.33. The van der Waals surface area contributed by atoms with Crippen LogP contribution in [0.15, 0.2) is 24.3 Å². The number of thiazole rings is 1. The summed E-state index contributed by atoms with van der Waals surface area (Å²) in [4.78, 5) is 6.03. The van der Waals surface area contributed by atoms with Crippen molar-refractivity contribution in [3.8, 4) is 10.6 Å². The normalized spacial score (nSPS) is 18.0. The van der Waals surface area contributed by atoms with E-state index in [-0.39, 0.29) is 5.56 Å². The number of nitrogens with one attached hydrogen (secondary N) is 1. The van der Waals surface area contributed by atoms with Crippen LogP contribution in [0.25, 0.3) is 10.6 Å². The van der Waals surface area contributed by atoms with Crippen molar-refractivity contribution < 1.29 is 8.78 Å². The molecule has 1 aliphatic carbocycles. The van der Waals surface area contributed by atoms with Gasteiger partial charge in [-0.2, -0.15) is 0 Å². The molecule has 3 rings (SSSR count). The minimum Gasteiger partial charge on any atom is -0.309 e. The quantitative estimate of drug-likeness (QED) is 0.883. The molecule has 5 heteroatoms. The smallest absolute Gasteiger partial charge is 0.263 e. The van der Waals surface area contributed by atoms with Crippen molar-refractivity contribution in [3.05, 3.63) is 40.4 Å². The summed E-state index contributed by atoms with van der Waals surface area (Å²) in [7, 11) is 0. The summed E-state index contributed by atoms with van der Waals surface area (Å²) in [5, 5.41) is 4.31. The second-order valence-electron chi connectivity index (χ2n) is 5.26. The van der Waals surface area contributed by atoms with Gasteiger partial charge in [-0.15, -0.1) is 11.3 Å². The van der Waals surface area contributed by atoms with Gasteiger partial charge in [0.25, 0.3) is 6.43 Å². The standard InChI is InChI=1S/C16H18F2N2S/c1-2-19-12-7-4-8-13-14(12)20-16(21-13)11-6-3-5-10(9-11)15(17)18/h3,5-6,9,12,15,19H,2,4,7-8H2,1H3. The molecular formula is C16H18F2N2S. The number of aryl methyl sites for hydroxylation is 1. The van der Waals surface area contributed by atoms with Gasteiger partial charge in [-0.25, -0.2) is 13.8 Å². The van der Waals surface area contributed by atoms with Crippen molar-refractivity contribution in [2.75, 3.05) is 6.54 Å². The molecule has 112 valence electrons. The third-order valence-corrected chi connectivity index (χ3v) is 4.97. The summed E-state index contributed by atoms with van der Waals surface area (Å²) >= 11 is 1.64. The van der Waals surface area contributed by atoms with E-state index in [0.29, 0.717) is 6.04 Å². The maximum atomic E-state index is 12.8. The van der Waals surface area contributed by atoms with Gasteiger partial charge >= 0.3 is 0 Å². The molecule has 2 nitrogen and oxygen atoms in total. The number of benzene rings is 1. The van der Waals surface area contributed by atoms with E-state index in [0.717, 1.165) is 42.1 Å². The summed E-state index contributed by atoms with van der Waals surface area (Å²) in [6, 6.07) is 6.86. The van der Waals surface area contributed by atoms with Gasteiger partial charge in [0.05, 0.1) is 11.7 Å². The molecule has 1 aromatic heterocycles. The fourth-order valence-electron chi connectivity index (χ4n) is 2.79. The van der Waals surface area contributed by atoms with Crippen molar-refractivity contribution in [2.24, 2.45) is 0 Å². The number of fused-ring (bicyclic) bond motifs is 1. The highest BCUT2D eigenvalue weighted by atomic mass is 32.1. The van der Waals surface area contributed by atoms with Crippen LogP contribution in [0.3, 0.4) is 0 Å². The molecule has 1 aliphatic rings. The molecule has 0 saturated carbocycles. The van der Waals surface area contributed by atoms with E-state index < -0.39 is 6.43 Å². The lowest BCUT2D eigenvalue weighted by Crippen LogP contribution is -2.24.